The zero-order chi connectivity index (χ0) is 20.9. The number of sulfone groups is 1. The summed E-state index contributed by atoms with van der Waals surface area (Å²) in [6.07, 6.45) is -4.78. The number of alkyl halides is 3. The predicted molar refractivity (Wildman–Crippen MR) is 94.2 cm³/mol. The minimum atomic E-state index is -4.78. The molecule has 0 aromatic carbocycles. The molecular weight excluding hydrogens is 419 g/mol. The van der Waals surface area contributed by atoms with Crippen molar-refractivity contribution in [3.63, 3.8) is 0 Å². The third-order valence-corrected chi connectivity index (χ3v) is 5.97. The van der Waals surface area contributed by atoms with Gasteiger partial charge in [-0.1, -0.05) is 18.5 Å². The van der Waals surface area contributed by atoms with Gasteiger partial charge in [-0.25, -0.2) is 23.4 Å². The van der Waals surface area contributed by atoms with Crippen LogP contribution in [0.1, 0.15) is 18.3 Å². The van der Waals surface area contributed by atoms with Gasteiger partial charge in [-0.05, 0) is 18.2 Å². The van der Waals surface area contributed by atoms with Crippen LogP contribution in [0.2, 0.25) is 5.15 Å². The average molecular weight is 430 g/mol. The van der Waals surface area contributed by atoms with Crippen LogP contribution in [-0.4, -0.2) is 33.7 Å². The second kappa shape index (κ2) is 6.72. The molecule has 3 rings (SSSR count). The summed E-state index contributed by atoms with van der Waals surface area (Å²) in [7, 11) is -2.31. The highest BCUT2D eigenvalue weighted by molar-refractivity contribution is 7.91. The Hall–Kier alpha value is -2.71. The molecule has 3 aromatic rings. The lowest BCUT2D eigenvalue weighted by atomic mass is 10.2. The maximum absolute atomic E-state index is 13.1. The van der Waals surface area contributed by atoms with Crippen molar-refractivity contribution in [3.05, 3.63) is 34.7 Å². The minimum absolute atomic E-state index is 0.0205. The summed E-state index contributed by atoms with van der Waals surface area (Å²) >= 11 is 5.90. The van der Waals surface area contributed by atoms with Gasteiger partial charge in [0.25, 0.3) is 0 Å². The summed E-state index contributed by atoms with van der Waals surface area (Å²) < 4.78 is 65.3. The molecule has 0 bridgehead atoms. The second-order valence-corrected chi connectivity index (χ2v) is 8.35. The average Bonchev–Trinajstić information content (AvgIpc) is 2.96. The van der Waals surface area contributed by atoms with Crippen molar-refractivity contribution in [2.45, 2.75) is 18.0 Å². The van der Waals surface area contributed by atoms with E-state index in [1.807, 2.05) is 0 Å². The molecule has 0 aliphatic rings. The van der Waals surface area contributed by atoms with Gasteiger partial charge in [-0.2, -0.15) is 18.4 Å². The first-order valence-electron chi connectivity index (χ1n) is 7.74. The summed E-state index contributed by atoms with van der Waals surface area (Å²) in [5.74, 6) is -0.279. The van der Waals surface area contributed by atoms with Gasteiger partial charge in [-0.3, -0.25) is 0 Å². The van der Waals surface area contributed by atoms with Crippen LogP contribution in [0.5, 0.6) is 0 Å². The van der Waals surface area contributed by atoms with E-state index >= 15 is 0 Å². The van der Waals surface area contributed by atoms with Crippen molar-refractivity contribution >= 4 is 32.5 Å². The van der Waals surface area contributed by atoms with Crippen LogP contribution in [0, 0.1) is 11.3 Å². The van der Waals surface area contributed by atoms with Crippen molar-refractivity contribution < 1.29 is 21.6 Å². The molecule has 12 heteroatoms. The molecule has 0 aliphatic heterocycles. The fraction of sp³-hybridized carbons (Fsp3) is 0.250. The molecule has 0 spiro atoms. The van der Waals surface area contributed by atoms with Crippen molar-refractivity contribution in [1.29, 1.82) is 5.26 Å². The molecule has 0 amide bonds. The van der Waals surface area contributed by atoms with E-state index in [0.717, 1.165) is 0 Å². The summed E-state index contributed by atoms with van der Waals surface area (Å²) in [6, 6.07) is 4.86. The third-order valence-electron chi connectivity index (χ3n) is 4.00. The quantitative estimate of drug-likeness (QED) is 0.591. The fourth-order valence-electron chi connectivity index (χ4n) is 2.66. The zero-order valence-electron chi connectivity index (χ0n) is 14.4. The highest BCUT2D eigenvalue weighted by atomic mass is 35.5. The lowest BCUT2D eigenvalue weighted by Crippen LogP contribution is -2.10. The molecule has 0 atom stereocenters. The Bertz CT molecular complexity index is 1250. The molecule has 0 aliphatic carbocycles. The van der Waals surface area contributed by atoms with E-state index in [0.29, 0.717) is 6.07 Å². The van der Waals surface area contributed by atoms with Gasteiger partial charge in [0.05, 0.1) is 16.2 Å². The molecule has 0 radical (unpaired) electrons. The number of imidazole rings is 1. The van der Waals surface area contributed by atoms with Crippen molar-refractivity contribution in [2.75, 3.05) is 5.75 Å². The van der Waals surface area contributed by atoms with Crippen LogP contribution in [-0.2, 0) is 23.1 Å². The Morgan fingerprint density at radius 3 is 2.50 bits per heavy atom. The molecule has 3 heterocycles. The number of nitriles is 1. The Morgan fingerprint density at radius 1 is 1.25 bits per heavy atom. The van der Waals surface area contributed by atoms with E-state index in [4.69, 9.17) is 11.6 Å². The van der Waals surface area contributed by atoms with Gasteiger partial charge in [-0.15, -0.1) is 0 Å². The Kier molecular flexibility index (Phi) is 4.81. The summed E-state index contributed by atoms with van der Waals surface area (Å²) in [4.78, 5) is 11.3. The first-order chi connectivity index (χ1) is 13.0. The zero-order valence-corrected chi connectivity index (χ0v) is 16.0. The normalized spacial score (nSPS) is 12.3. The van der Waals surface area contributed by atoms with Crippen LogP contribution in [0.15, 0.2) is 23.1 Å². The highest BCUT2D eigenvalue weighted by Gasteiger charge is 2.34. The lowest BCUT2D eigenvalue weighted by Gasteiger charge is -2.09. The van der Waals surface area contributed by atoms with Crippen LogP contribution >= 0.6 is 11.6 Å². The first kappa shape index (κ1) is 20.0. The Balaban J connectivity index is 2.40. The smallest absolute Gasteiger partial charge is 0.323 e. The minimum Gasteiger partial charge on any atom is -0.323 e. The number of fused-ring (bicyclic) bond motifs is 1. The molecule has 0 saturated heterocycles. The SMILES string of the molecule is CCS(=O)(=O)c1ccc(Cl)nc1-c1nc2cc(C(F)(F)F)nc(C#N)c2n1C. The fourth-order valence-corrected chi connectivity index (χ4v) is 3.83. The molecule has 0 saturated carbocycles. The summed E-state index contributed by atoms with van der Waals surface area (Å²) in [5, 5.41) is 9.22. The topological polar surface area (TPSA) is 102 Å². The molecule has 7 nitrogen and oxygen atoms in total. The lowest BCUT2D eigenvalue weighted by molar-refractivity contribution is -0.141. The van der Waals surface area contributed by atoms with Crippen LogP contribution in [0.3, 0.4) is 0 Å². The summed E-state index contributed by atoms with van der Waals surface area (Å²) in [5.41, 5.74) is -2.04. The van der Waals surface area contributed by atoms with Gasteiger partial charge in [0.2, 0.25) is 0 Å². The van der Waals surface area contributed by atoms with Gasteiger partial charge in [0.1, 0.15) is 28.1 Å². The van der Waals surface area contributed by atoms with E-state index in [-0.39, 0.29) is 38.4 Å². The number of aromatic nitrogens is 4. The Labute approximate surface area is 162 Å². The number of aryl methyl sites for hydroxylation is 1. The molecule has 146 valence electrons. The van der Waals surface area contributed by atoms with E-state index in [1.54, 1.807) is 6.07 Å². The van der Waals surface area contributed by atoms with E-state index in [2.05, 4.69) is 15.0 Å². The maximum Gasteiger partial charge on any atom is 0.433 e. The van der Waals surface area contributed by atoms with E-state index in [1.165, 1.54) is 30.7 Å². The Morgan fingerprint density at radius 2 is 1.93 bits per heavy atom. The first-order valence-corrected chi connectivity index (χ1v) is 9.77. The standard InChI is InChI=1S/C16H11ClF3N5O2S/c1-3-28(26,27)10-4-5-12(17)24-13(10)15-23-8-6-11(16(18,19)20)22-9(7-21)14(8)25(15)2/h4-6H,3H2,1-2H3. The molecule has 0 unspecified atom stereocenters. The van der Waals surface area contributed by atoms with Crippen LogP contribution < -0.4 is 0 Å². The van der Waals surface area contributed by atoms with Gasteiger partial charge >= 0.3 is 6.18 Å². The maximum atomic E-state index is 13.1. The van der Waals surface area contributed by atoms with Gasteiger partial charge in [0, 0.05) is 7.05 Å². The number of hydrogen-bond donors (Lipinski definition) is 0. The number of nitrogens with zero attached hydrogens (tertiary/aromatic N) is 5. The largest absolute Gasteiger partial charge is 0.433 e. The number of rotatable bonds is 3. The van der Waals surface area contributed by atoms with E-state index < -0.39 is 27.4 Å². The van der Waals surface area contributed by atoms with Crippen LogP contribution in [0.25, 0.3) is 22.6 Å². The van der Waals surface area contributed by atoms with Crippen molar-refractivity contribution in [1.82, 2.24) is 19.5 Å². The third kappa shape index (κ3) is 3.29. The molecule has 3 aromatic heterocycles. The molecule has 0 N–H and O–H groups in total. The van der Waals surface area contributed by atoms with Gasteiger partial charge < -0.3 is 4.57 Å². The number of halogens is 4. The predicted octanol–water partition coefficient (Wildman–Crippen LogP) is 3.37. The van der Waals surface area contributed by atoms with Crippen molar-refractivity contribution in [2.24, 2.45) is 7.05 Å². The van der Waals surface area contributed by atoms with Crippen molar-refractivity contribution in [3.8, 4) is 17.6 Å². The van der Waals surface area contributed by atoms with E-state index in [9.17, 15) is 26.9 Å². The second-order valence-electron chi connectivity index (χ2n) is 5.71. The highest BCUT2D eigenvalue weighted by Crippen LogP contribution is 2.34. The summed E-state index contributed by atoms with van der Waals surface area (Å²) in [6.45, 7) is 1.44. The number of hydrogen-bond acceptors (Lipinski definition) is 6. The monoisotopic (exact) mass is 429 g/mol. The molecule has 0 fully saturated rings. The molecule has 28 heavy (non-hydrogen) atoms. The number of pyridine rings is 2. The molecular formula is C16H11ClF3N5O2S. The van der Waals surface area contributed by atoms with Crippen LogP contribution in [0.4, 0.5) is 13.2 Å². The van der Waals surface area contributed by atoms with Gasteiger partial charge in [0.15, 0.2) is 21.4 Å².